The Balaban J connectivity index is 1.39. The topological polar surface area (TPSA) is 62.2 Å². The second-order valence-corrected chi connectivity index (χ2v) is 13.2. The fraction of sp³-hybridized carbons (Fsp3) is 0.600. The quantitative estimate of drug-likeness (QED) is 0.526. The van der Waals surface area contributed by atoms with Crippen molar-refractivity contribution < 1.29 is 19.7 Å². The maximum absolute atomic E-state index is 12.2. The Morgan fingerprint density at radius 3 is 2.92 bits per heavy atom. The number of piperidine rings is 1. The molecule has 36 heavy (non-hydrogen) atoms. The van der Waals surface area contributed by atoms with Crippen LogP contribution >= 0.6 is 11.3 Å². The van der Waals surface area contributed by atoms with Gasteiger partial charge in [-0.05, 0) is 81.5 Å². The van der Waals surface area contributed by atoms with Crippen LogP contribution in [-0.2, 0) is 23.0 Å². The Kier molecular flexibility index (Phi) is 4.91. The SMILES string of the molecule is C=CCN1CC[C@]23c4c5ccc(O)c4OC2C2(OC)CCC3(CC2C(C)(O)CCc2cccs2)C1C5. The number of phenolic OH excluding ortho intramolecular Hbond substituents is 1. The van der Waals surface area contributed by atoms with Crippen LogP contribution in [-0.4, -0.2) is 58.7 Å². The molecule has 2 aromatic rings. The fourth-order valence-electron chi connectivity index (χ4n) is 9.67. The van der Waals surface area contributed by atoms with Crippen LogP contribution in [0.15, 0.2) is 42.3 Å². The van der Waals surface area contributed by atoms with Gasteiger partial charge in [0.25, 0.3) is 0 Å². The van der Waals surface area contributed by atoms with Gasteiger partial charge in [-0.15, -0.1) is 17.9 Å². The number of benzene rings is 1. The Bertz CT molecular complexity index is 1210. The summed E-state index contributed by atoms with van der Waals surface area (Å²) >= 11 is 1.76. The minimum absolute atomic E-state index is 0.0250. The van der Waals surface area contributed by atoms with Crippen LogP contribution < -0.4 is 4.74 Å². The van der Waals surface area contributed by atoms with Gasteiger partial charge in [0.05, 0.1) is 5.60 Å². The third kappa shape index (κ3) is 2.62. The smallest absolute Gasteiger partial charge is 0.165 e. The number of ether oxygens (including phenoxy) is 2. The molecule has 2 spiro atoms. The zero-order chi connectivity index (χ0) is 24.9. The molecule has 6 heteroatoms. The number of aryl methyl sites for hydroxylation is 1. The van der Waals surface area contributed by atoms with E-state index in [9.17, 15) is 10.2 Å². The summed E-state index contributed by atoms with van der Waals surface area (Å²) in [6.45, 7) is 7.97. The van der Waals surface area contributed by atoms with Gasteiger partial charge < -0.3 is 19.7 Å². The van der Waals surface area contributed by atoms with Gasteiger partial charge in [-0.3, -0.25) is 4.90 Å². The number of hydrogen-bond acceptors (Lipinski definition) is 6. The number of rotatable bonds is 7. The van der Waals surface area contributed by atoms with Crippen LogP contribution in [0.25, 0.3) is 0 Å². The van der Waals surface area contributed by atoms with E-state index in [0.29, 0.717) is 18.2 Å². The van der Waals surface area contributed by atoms with E-state index in [1.54, 1.807) is 11.3 Å². The molecule has 192 valence electrons. The van der Waals surface area contributed by atoms with Gasteiger partial charge >= 0.3 is 0 Å². The largest absolute Gasteiger partial charge is 0.504 e. The maximum Gasteiger partial charge on any atom is 0.165 e. The number of aromatic hydroxyl groups is 1. The Hall–Kier alpha value is -1.86. The first-order valence-corrected chi connectivity index (χ1v) is 14.4. The molecule has 7 atom stereocenters. The summed E-state index contributed by atoms with van der Waals surface area (Å²) in [5.41, 5.74) is 0.863. The van der Waals surface area contributed by atoms with E-state index in [4.69, 9.17) is 9.47 Å². The Morgan fingerprint density at radius 2 is 2.17 bits per heavy atom. The second kappa shape index (κ2) is 7.59. The zero-order valence-electron chi connectivity index (χ0n) is 21.3. The van der Waals surface area contributed by atoms with Crippen molar-refractivity contribution in [3.05, 3.63) is 58.3 Å². The molecule has 4 aliphatic carbocycles. The van der Waals surface area contributed by atoms with Gasteiger partial charge in [-0.2, -0.15) is 0 Å². The molecule has 0 amide bonds. The molecule has 2 aliphatic heterocycles. The molecule has 1 saturated heterocycles. The average Bonchev–Trinajstić information content (AvgIpc) is 3.52. The lowest BCUT2D eigenvalue weighted by Gasteiger charge is -2.75. The van der Waals surface area contributed by atoms with E-state index < -0.39 is 11.2 Å². The van der Waals surface area contributed by atoms with E-state index in [0.717, 1.165) is 51.6 Å². The highest BCUT2D eigenvalue weighted by atomic mass is 32.1. The first-order chi connectivity index (χ1) is 17.3. The first kappa shape index (κ1) is 23.3. The summed E-state index contributed by atoms with van der Waals surface area (Å²) < 4.78 is 13.4. The van der Waals surface area contributed by atoms with Gasteiger partial charge in [-0.1, -0.05) is 18.2 Å². The van der Waals surface area contributed by atoms with Crippen molar-refractivity contribution in [1.29, 1.82) is 0 Å². The molecule has 2 N–H and O–H groups in total. The van der Waals surface area contributed by atoms with Gasteiger partial charge in [0.1, 0.15) is 11.7 Å². The predicted molar refractivity (Wildman–Crippen MR) is 141 cm³/mol. The number of fused-ring (bicyclic) bond motifs is 2. The molecule has 0 radical (unpaired) electrons. The number of phenols is 1. The lowest BCUT2D eigenvalue weighted by atomic mass is 9.33. The molecule has 3 heterocycles. The van der Waals surface area contributed by atoms with Crippen molar-refractivity contribution >= 4 is 11.3 Å². The monoisotopic (exact) mass is 507 g/mol. The molecule has 5 nitrogen and oxygen atoms in total. The lowest BCUT2D eigenvalue weighted by molar-refractivity contribution is -0.302. The number of likely N-dealkylation sites (tertiary alicyclic amines) is 1. The third-order valence-electron chi connectivity index (χ3n) is 11.0. The molecule has 6 unspecified atom stereocenters. The van der Waals surface area contributed by atoms with E-state index >= 15 is 0 Å². The van der Waals surface area contributed by atoms with Crippen molar-refractivity contribution in [2.45, 2.75) is 80.6 Å². The standard InChI is InChI=1S/C30H37NO4S/c1-4-14-31-15-13-29-24-19-7-8-21(32)25(24)35-26(29)30(34-3)12-11-28(29,23(31)17-19)18-22(30)27(2,33)10-9-20-6-5-16-36-20/h4-8,16,22-23,26,32-33H,1,9-15,17-18H2,2-3H3/t22?,23?,26?,27?,28?,29-,30?/m0/s1. The number of nitrogens with zero attached hydrogens (tertiary/aromatic N) is 1. The molecule has 6 aliphatic rings. The minimum atomic E-state index is -0.896. The lowest BCUT2D eigenvalue weighted by Crippen LogP contribution is -2.82. The normalized spacial score (nSPS) is 39.4. The van der Waals surface area contributed by atoms with Crippen molar-refractivity contribution in [2.24, 2.45) is 11.3 Å². The van der Waals surface area contributed by atoms with E-state index in [1.165, 1.54) is 16.0 Å². The molecule has 4 bridgehead atoms. The van der Waals surface area contributed by atoms with Gasteiger partial charge in [-0.25, -0.2) is 0 Å². The number of aliphatic hydroxyl groups is 1. The number of methoxy groups -OCH3 is 1. The van der Waals surface area contributed by atoms with E-state index in [-0.39, 0.29) is 28.6 Å². The van der Waals surface area contributed by atoms with Crippen LogP contribution in [0.5, 0.6) is 11.5 Å². The number of hydrogen-bond donors (Lipinski definition) is 2. The summed E-state index contributed by atoms with van der Waals surface area (Å²) in [6.07, 6.45) is 8.19. The first-order valence-electron chi connectivity index (χ1n) is 13.5. The predicted octanol–water partition coefficient (Wildman–Crippen LogP) is 4.84. The van der Waals surface area contributed by atoms with Crippen molar-refractivity contribution in [1.82, 2.24) is 4.90 Å². The van der Waals surface area contributed by atoms with Gasteiger partial charge in [0.2, 0.25) is 0 Å². The van der Waals surface area contributed by atoms with Crippen LogP contribution in [0.1, 0.15) is 55.0 Å². The molecule has 1 aromatic heterocycles. The maximum atomic E-state index is 12.2. The average molecular weight is 508 g/mol. The summed E-state index contributed by atoms with van der Waals surface area (Å²) in [5, 5.41) is 25.3. The molecule has 4 fully saturated rings. The second-order valence-electron chi connectivity index (χ2n) is 12.2. The highest BCUT2D eigenvalue weighted by molar-refractivity contribution is 7.09. The van der Waals surface area contributed by atoms with Crippen molar-refractivity contribution in [3.8, 4) is 11.5 Å². The summed E-state index contributed by atoms with van der Waals surface area (Å²) in [6, 6.07) is 8.54. The molecular weight excluding hydrogens is 470 g/mol. The van der Waals surface area contributed by atoms with E-state index in [1.807, 2.05) is 26.2 Å². The number of thiophene rings is 1. The molecule has 8 rings (SSSR count). The highest BCUT2D eigenvalue weighted by Gasteiger charge is 2.81. The van der Waals surface area contributed by atoms with Crippen LogP contribution in [0.3, 0.4) is 0 Å². The summed E-state index contributed by atoms with van der Waals surface area (Å²) in [4.78, 5) is 3.94. The molecular formula is C30H37NO4S. The molecule has 1 aromatic carbocycles. The Labute approximate surface area is 217 Å². The van der Waals surface area contributed by atoms with Gasteiger partial charge in [0, 0.05) is 46.9 Å². The van der Waals surface area contributed by atoms with Crippen molar-refractivity contribution in [3.63, 3.8) is 0 Å². The van der Waals surface area contributed by atoms with Crippen LogP contribution in [0.2, 0.25) is 0 Å². The fourth-order valence-corrected chi connectivity index (χ4v) is 10.4. The zero-order valence-corrected chi connectivity index (χ0v) is 22.2. The highest BCUT2D eigenvalue weighted by Crippen LogP contribution is 2.77. The minimum Gasteiger partial charge on any atom is -0.504 e. The van der Waals surface area contributed by atoms with Crippen LogP contribution in [0.4, 0.5) is 0 Å². The van der Waals surface area contributed by atoms with Gasteiger partial charge in [0.15, 0.2) is 11.5 Å². The Morgan fingerprint density at radius 1 is 1.31 bits per heavy atom. The third-order valence-corrected chi connectivity index (χ3v) is 12.0. The van der Waals surface area contributed by atoms with Crippen LogP contribution in [0, 0.1) is 11.3 Å². The summed E-state index contributed by atoms with van der Waals surface area (Å²) in [5.74, 6) is 0.872. The van der Waals surface area contributed by atoms with Crippen molar-refractivity contribution in [2.75, 3.05) is 20.2 Å². The van der Waals surface area contributed by atoms with E-state index in [2.05, 4.69) is 35.1 Å². The molecule has 3 saturated carbocycles. The summed E-state index contributed by atoms with van der Waals surface area (Å²) in [7, 11) is 1.82.